The fourth-order valence-electron chi connectivity index (χ4n) is 3.67. The predicted octanol–water partition coefficient (Wildman–Crippen LogP) is 6.40. The maximum Gasteiger partial charge on any atom is 0.127 e. The number of nitrogens with zero attached hydrogens (tertiary/aromatic N) is 3. The minimum absolute atomic E-state index is 0.0999. The van der Waals surface area contributed by atoms with Gasteiger partial charge >= 0.3 is 0 Å². The molecule has 3 nitrogen and oxygen atoms in total. The van der Waals surface area contributed by atoms with Gasteiger partial charge in [-0.25, -0.2) is 0 Å². The number of anilines is 1. The van der Waals surface area contributed by atoms with Crippen molar-refractivity contribution >= 4 is 46.3 Å². The molecule has 2 aromatic rings. The summed E-state index contributed by atoms with van der Waals surface area (Å²) in [4.78, 5) is 2.41. The molecule has 0 aliphatic carbocycles. The molecule has 2 aromatic carbocycles. The summed E-state index contributed by atoms with van der Waals surface area (Å²) in [7, 11) is 0. The van der Waals surface area contributed by atoms with Crippen molar-refractivity contribution in [1.29, 1.82) is 0 Å². The van der Waals surface area contributed by atoms with Crippen LogP contribution < -0.4 is 5.01 Å². The van der Waals surface area contributed by atoms with Gasteiger partial charge in [-0.15, -0.1) is 0 Å². The third-order valence-corrected chi connectivity index (χ3v) is 5.82. The normalized spacial score (nSPS) is 20.4. The summed E-state index contributed by atoms with van der Waals surface area (Å²) >= 11 is 18.7. The van der Waals surface area contributed by atoms with Crippen molar-refractivity contribution in [2.75, 3.05) is 18.1 Å². The molecule has 1 atom stereocenters. The molecule has 6 heteroatoms. The van der Waals surface area contributed by atoms with Crippen molar-refractivity contribution in [3.05, 3.63) is 63.1 Å². The Bertz CT molecular complexity index is 814. The van der Waals surface area contributed by atoms with Gasteiger partial charge < -0.3 is 4.90 Å². The first-order valence-electron chi connectivity index (χ1n) is 8.94. The fraction of sp³-hybridized carbons (Fsp3) is 0.350. The molecule has 4 rings (SSSR count). The second kappa shape index (κ2) is 7.67. The zero-order valence-corrected chi connectivity index (χ0v) is 16.6. The Labute approximate surface area is 169 Å². The van der Waals surface area contributed by atoms with E-state index in [0.29, 0.717) is 10.0 Å². The Morgan fingerprint density at radius 1 is 0.846 bits per heavy atom. The van der Waals surface area contributed by atoms with Crippen LogP contribution >= 0.6 is 34.8 Å². The number of likely N-dealkylation sites (tertiary alicyclic amines) is 1. The molecule has 2 heterocycles. The van der Waals surface area contributed by atoms with Gasteiger partial charge in [-0.05, 0) is 55.2 Å². The Morgan fingerprint density at radius 3 is 2.23 bits per heavy atom. The average Bonchev–Trinajstić information content (AvgIpc) is 3.08. The lowest BCUT2D eigenvalue weighted by Gasteiger charge is -2.28. The zero-order valence-electron chi connectivity index (χ0n) is 14.3. The van der Waals surface area contributed by atoms with Gasteiger partial charge in [0.25, 0.3) is 0 Å². The average molecular weight is 409 g/mol. The van der Waals surface area contributed by atoms with Crippen LogP contribution in [0.4, 0.5) is 5.69 Å². The smallest absolute Gasteiger partial charge is 0.127 e. The molecule has 2 aliphatic rings. The summed E-state index contributed by atoms with van der Waals surface area (Å²) < 4.78 is 0. The van der Waals surface area contributed by atoms with Gasteiger partial charge in [0, 0.05) is 29.6 Å². The topological polar surface area (TPSA) is 18.8 Å². The van der Waals surface area contributed by atoms with E-state index >= 15 is 0 Å². The Hall–Kier alpha value is -1.42. The molecule has 0 amide bonds. The number of hydrogen-bond donors (Lipinski definition) is 0. The lowest BCUT2D eigenvalue weighted by Crippen LogP contribution is -2.34. The van der Waals surface area contributed by atoms with Crippen LogP contribution in [0.2, 0.25) is 15.1 Å². The highest BCUT2D eigenvalue weighted by molar-refractivity contribution is 6.36. The molecule has 0 unspecified atom stereocenters. The van der Waals surface area contributed by atoms with Crippen molar-refractivity contribution in [3.63, 3.8) is 0 Å². The van der Waals surface area contributed by atoms with Crippen molar-refractivity contribution in [2.24, 2.45) is 5.10 Å². The van der Waals surface area contributed by atoms with Crippen LogP contribution in [0.5, 0.6) is 0 Å². The van der Waals surface area contributed by atoms with E-state index in [2.05, 4.69) is 17.0 Å². The largest absolute Gasteiger partial charge is 0.359 e. The van der Waals surface area contributed by atoms with Gasteiger partial charge in [0.2, 0.25) is 0 Å². The van der Waals surface area contributed by atoms with E-state index in [4.69, 9.17) is 39.9 Å². The lowest BCUT2D eigenvalue weighted by molar-refractivity contribution is 0.338. The molecule has 1 saturated heterocycles. The van der Waals surface area contributed by atoms with Gasteiger partial charge in [0.1, 0.15) is 5.84 Å². The molecule has 0 N–H and O–H groups in total. The summed E-state index contributed by atoms with van der Waals surface area (Å²) in [5.41, 5.74) is 2.05. The van der Waals surface area contributed by atoms with Crippen LogP contribution in [0.1, 0.15) is 37.3 Å². The van der Waals surface area contributed by atoms with Crippen molar-refractivity contribution in [1.82, 2.24) is 4.90 Å². The van der Waals surface area contributed by atoms with Gasteiger partial charge in [0.15, 0.2) is 0 Å². The highest BCUT2D eigenvalue weighted by Gasteiger charge is 2.33. The molecule has 136 valence electrons. The zero-order chi connectivity index (χ0) is 18.1. The molecule has 1 fully saturated rings. The second-order valence-corrected chi connectivity index (χ2v) is 8.06. The summed E-state index contributed by atoms with van der Waals surface area (Å²) in [6, 6.07) is 13.7. The number of piperidine rings is 1. The first-order chi connectivity index (χ1) is 12.6. The van der Waals surface area contributed by atoms with E-state index in [1.54, 1.807) is 6.07 Å². The fourth-order valence-corrected chi connectivity index (χ4v) is 4.29. The Balaban J connectivity index is 1.71. The highest BCUT2D eigenvalue weighted by atomic mass is 35.5. The van der Waals surface area contributed by atoms with Crippen LogP contribution in [0.15, 0.2) is 47.6 Å². The third kappa shape index (κ3) is 3.66. The molecule has 0 spiro atoms. The second-order valence-electron chi connectivity index (χ2n) is 6.78. The lowest BCUT2D eigenvalue weighted by atomic mass is 10.0. The number of halogens is 3. The van der Waals surface area contributed by atoms with Crippen LogP contribution in [0, 0.1) is 0 Å². The summed E-state index contributed by atoms with van der Waals surface area (Å²) in [5, 5.41) is 8.98. The quantitative estimate of drug-likeness (QED) is 0.572. The van der Waals surface area contributed by atoms with Crippen molar-refractivity contribution in [2.45, 2.75) is 31.7 Å². The number of rotatable bonds is 2. The van der Waals surface area contributed by atoms with Crippen molar-refractivity contribution < 1.29 is 0 Å². The highest BCUT2D eigenvalue weighted by Crippen LogP contribution is 2.40. The number of hydrogen-bond acceptors (Lipinski definition) is 3. The van der Waals surface area contributed by atoms with Gasteiger partial charge in [-0.1, -0.05) is 46.9 Å². The van der Waals surface area contributed by atoms with Gasteiger partial charge in [0.05, 0.1) is 16.8 Å². The Kier molecular flexibility index (Phi) is 5.30. The van der Waals surface area contributed by atoms with Crippen LogP contribution in [0.3, 0.4) is 0 Å². The predicted molar refractivity (Wildman–Crippen MR) is 111 cm³/mol. The summed E-state index contributed by atoms with van der Waals surface area (Å²) in [5.74, 6) is 1.13. The molecule has 0 aromatic heterocycles. The molecule has 2 aliphatic heterocycles. The van der Waals surface area contributed by atoms with E-state index in [1.807, 2.05) is 29.3 Å². The van der Waals surface area contributed by atoms with Gasteiger partial charge in [-0.3, -0.25) is 5.01 Å². The first kappa shape index (κ1) is 18.0. The first-order valence-corrected chi connectivity index (χ1v) is 10.1. The van der Waals surface area contributed by atoms with Crippen molar-refractivity contribution in [3.8, 4) is 0 Å². The van der Waals surface area contributed by atoms with E-state index < -0.39 is 0 Å². The maximum atomic E-state index is 6.49. The van der Waals surface area contributed by atoms with Gasteiger partial charge in [-0.2, -0.15) is 5.10 Å². The minimum atomic E-state index is 0.0999. The van der Waals surface area contributed by atoms with E-state index in [1.165, 1.54) is 24.8 Å². The van der Waals surface area contributed by atoms with Crippen LogP contribution in [-0.4, -0.2) is 23.8 Å². The number of hydrazone groups is 1. The monoisotopic (exact) mass is 407 g/mol. The van der Waals surface area contributed by atoms with E-state index in [9.17, 15) is 0 Å². The summed E-state index contributed by atoms with van der Waals surface area (Å²) in [6.07, 6.45) is 4.62. The Morgan fingerprint density at radius 2 is 1.54 bits per heavy atom. The molecular formula is C20H20Cl3N3. The third-order valence-electron chi connectivity index (χ3n) is 5.03. The molecular weight excluding hydrogens is 389 g/mol. The van der Waals surface area contributed by atoms with E-state index in [-0.39, 0.29) is 6.04 Å². The molecule has 26 heavy (non-hydrogen) atoms. The number of benzene rings is 2. The van der Waals surface area contributed by atoms with Crippen LogP contribution in [0.25, 0.3) is 0 Å². The minimum Gasteiger partial charge on any atom is -0.359 e. The van der Waals surface area contributed by atoms with E-state index in [0.717, 1.165) is 36.1 Å². The SMILES string of the molecule is Clc1ccc([C@H]2CC(N3CCCCC3)=NN2c2ccc(Cl)cc2Cl)cc1. The molecule has 0 radical (unpaired) electrons. The number of amidine groups is 1. The molecule has 0 saturated carbocycles. The maximum absolute atomic E-state index is 6.49. The van der Waals surface area contributed by atoms with Crippen LogP contribution in [-0.2, 0) is 0 Å². The summed E-state index contributed by atoms with van der Waals surface area (Å²) in [6.45, 7) is 2.16. The standard InChI is InChI=1S/C20H20Cl3N3/c21-15-6-4-14(5-7-15)19-13-20(25-10-2-1-3-11-25)24-26(19)18-9-8-16(22)12-17(18)23/h4-9,12,19H,1-3,10-11,13H2/t19-/m1/s1. The molecule has 0 bridgehead atoms.